The van der Waals surface area contributed by atoms with Crippen molar-refractivity contribution >= 4 is 23.5 Å². The van der Waals surface area contributed by atoms with Gasteiger partial charge >= 0.3 is 6.03 Å². The smallest absolute Gasteiger partial charge is 0.317 e. The van der Waals surface area contributed by atoms with E-state index in [-0.39, 0.29) is 18.0 Å². The maximum Gasteiger partial charge on any atom is 0.317 e. The summed E-state index contributed by atoms with van der Waals surface area (Å²) in [6.07, 6.45) is 4.65. The molecule has 1 N–H and O–H groups in total. The van der Waals surface area contributed by atoms with E-state index >= 15 is 0 Å². The first-order valence-corrected chi connectivity index (χ1v) is 9.40. The van der Waals surface area contributed by atoms with Crippen LogP contribution < -0.4 is 5.32 Å². The summed E-state index contributed by atoms with van der Waals surface area (Å²) in [6, 6.07) is 7.38. The highest BCUT2D eigenvalue weighted by molar-refractivity contribution is 6.30. The second-order valence-electron chi connectivity index (χ2n) is 6.62. The molecule has 1 aromatic carbocycles. The van der Waals surface area contributed by atoms with Crippen molar-refractivity contribution in [2.24, 2.45) is 0 Å². The fourth-order valence-electron chi connectivity index (χ4n) is 3.01. The molecule has 1 saturated heterocycles. The Hall–Kier alpha value is -1.75. The topological polar surface area (TPSA) is 52.7 Å². The molecule has 0 saturated carbocycles. The number of halogens is 1. The van der Waals surface area contributed by atoms with Gasteiger partial charge in [-0.2, -0.15) is 0 Å². The van der Waals surface area contributed by atoms with Crippen LogP contribution in [0.3, 0.4) is 0 Å². The first-order valence-electron chi connectivity index (χ1n) is 9.03. The van der Waals surface area contributed by atoms with Crippen LogP contribution in [-0.4, -0.2) is 48.4 Å². The molecule has 138 valence electrons. The van der Waals surface area contributed by atoms with Gasteiger partial charge in [-0.05, 0) is 43.9 Å². The van der Waals surface area contributed by atoms with Crippen LogP contribution in [0.4, 0.5) is 4.79 Å². The summed E-state index contributed by atoms with van der Waals surface area (Å²) < 4.78 is 0. The molecule has 1 atom stereocenters. The van der Waals surface area contributed by atoms with Crippen molar-refractivity contribution in [1.29, 1.82) is 0 Å². The van der Waals surface area contributed by atoms with Crippen molar-refractivity contribution in [2.75, 3.05) is 26.7 Å². The van der Waals surface area contributed by atoms with E-state index in [1.54, 1.807) is 11.9 Å². The number of nitrogens with one attached hydrogen (secondary N) is 1. The van der Waals surface area contributed by atoms with Crippen LogP contribution in [-0.2, 0) is 4.79 Å². The van der Waals surface area contributed by atoms with E-state index in [9.17, 15) is 9.59 Å². The lowest BCUT2D eigenvalue weighted by atomic mass is 10.1. The van der Waals surface area contributed by atoms with Gasteiger partial charge in [-0.15, -0.1) is 0 Å². The van der Waals surface area contributed by atoms with Crippen LogP contribution >= 0.6 is 11.6 Å². The van der Waals surface area contributed by atoms with Crippen molar-refractivity contribution in [3.05, 3.63) is 34.9 Å². The molecule has 0 aromatic heterocycles. The average molecular weight is 366 g/mol. The second kappa shape index (κ2) is 9.66. The molecule has 1 aromatic rings. The lowest BCUT2D eigenvalue weighted by molar-refractivity contribution is -0.130. The minimum absolute atomic E-state index is 0.0375. The molecular weight excluding hydrogens is 338 g/mol. The van der Waals surface area contributed by atoms with Gasteiger partial charge in [-0.1, -0.05) is 30.2 Å². The standard InChI is InChI=1S/C19H28ClN3O2/c1-15(16-8-10-17(20)11-9-16)22(2)19(25)21-12-6-14-23-13-5-3-4-7-18(23)24/h8-11,15H,3-7,12-14H2,1-2H3,(H,21,25). The van der Waals surface area contributed by atoms with E-state index in [1.165, 1.54) is 0 Å². The van der Waals surface area contributed by atoms with Crippen molar-refractivity contribution in [3.63, 3.8) is 0 Å². The molecule has 0 bridgehead atoms. The quantitative estimate of drug-likeness (QED) is 0.779. The highest BCUT2D eigenvalue weighted by Crippen LogP contribution is 2.20. The normalized spacial score (nSPS) is 16.3. The zero-order chi connectivity index (χ0) is 18.2. The summed E-state index contributed by atoms with van der Waals surface area (Å²) in [5.74, 6) is 0.248. The van der Waals surface area contributed by atoms with Gasteiger partial charge < -0.3 is 15.1 Å². The van der Waals surface area contributed by atoms with E-state index < -0.39 is 0 Å². The molecule has 6 heteroatoms. The van der Waals surface area contributed by atoms with Gasteiger partial charge in [-0.3, -0.25) is 4.79 Å². The minimum atomic E-state index is -0.107. The third-order valence-electron chi connectivity index (χ3n) is 4.81. The number of carbonyl (C=O) groups excluding carboxylic acids is 2. The summed E-state index contributed by atoms with van der Waals surface area (Å²) in [4.78, 5) is 27.9. The van der Waals surface area contributed by atoms with E-state index in [1.807, 2.05) is 36.1 Å². The summed E-state index contributed by atoms with van der Waals surface area (Å²) in [7, 11) is 1.78. The Morgan fingerprint density at radius 3 is 2.72 bits per heavy atom. The molecule has 1 unspecified atom stereocenters. The van der Waals surface area contributed by atoms with Gasteiger partial charge in [0.25, 0.3) is 0 Å². The molecule has 1 aliphatic rings. The van der Waals surface area contributed by atoms with Crippen LogP contribution in [0.25, 0.3) is 0 Å². The molecular formula is C19H28ClN3O2. The van der Waals surface area contributed by atoms with Gasteiger partial charge in [-0.25, -0.2) is 4.79 Å². The maximum absolute atomic E-state index is 12.3. The summed E-state index contributed by atoms with van der Waals surface area (Å²) in [5.41, 5.74) is 1.04. The fraction of sp³-hybridized carbons (Fsp3) is 0.579. The average Bonchev–Trinajstić information content (AvgIpc) is 2.82. The zero-order valence-electron chi connectivity index (χ0n) is 15.1. The molecule has 0 aliphatic carbocycles. The van der Waals surface area contributed by atoms with Gasteiger partial charge in [0.15, 0.2) is 0 Å². The monoisotopic (exact) mass is 365 g/mol. The van der Waals surface area contributed by atoms with Crippen LogP contribution in [0, 0.1) is 0 Å². The van der Waals surface area contributed by atoms with Crippen molar-refractivity contribution in [1.82, 2.24) is 15.1 Å². The SMILES string of the molecule is CC(c1ccc(Cl)cc1)N(C)C(=O)NCCCN1CCCCCC1=O. The number of benzene rings is 1. The Bertz CT molecular complexity index is 577. The van der Waals surface area contributed by atoms with Crippen LogP contribution in [0.2, 0.25) is 5.02 Å². The molecule has 1 aliphatic heterocycles. The lowest BCUT2D eigenvalue weighted by Crippen LogP contribution is -2.40. The zero-order valence-corrected chi connectivity index (χ0v) is 15.9. The Kier molecular flexibility index (Phi) is 7.56. The maximum atomic E-state index is 12.3. The molecule has 1 heterocycles. The first-order chi connectivity index (χ1) is 12.0. The van der Waals surface area contributed by atoms with E-state index in [0.717, 1.165) is 44.3 Å². The fourth-order valence-corrected chi connectivity index (χ4v) is 3.13. The largest absolute Gasteiger partial charge is 0.343 e. The van der Waals surface area contributed by atoms with Gasteiger partial charge in [0.1, 0.15) is 0 Å². The number of amides is 3. The molecule has 2 rings (SSSR count). The second-order valence-corrected chi connectivity index (χ2v) is 7.05. The number of nitrogens with zero attached hydrogens (tertiary/aromatic N) is 2. The van der Waals surface area contributed by atoms with Crippen molar-refractivity contribution < 1.29 is 9.59 Å². The number of likely N-dealkylation sites (tertiary alicyclic amines) is 1. The minimum Gasteiger partial charge on any atom is -0.343 e. The molecule has 1 fully saturated rings. The summed E-state index contributed by atoms with van der Waals surface area (Å²) in [6.45, 7) is 4.12. The number of carbonyl (C=O) groups is 2. The molecule has 25 heavy (non-hydrogen) atoms. The van der Waals surface area contributed by atoms with E-state index in [2.05, 4.69) is 5.32 Å². The number of hydrogen-bond acceptors (Lipinski definition) is 2. The molecule has 5 nitrogen and oxygen atoms in total. The predicted molar refractivity (Wildman–Crippen MR) is 101 cm³/mol. The molecule has 3 amide bonds. The summed E-state index contributed by atoms with van der Waals surface area (Å²) >= 11 is 5.91. The van der Waals surface area contributed by atoms with Crippen LogP contribution in [0.1, 0.15) is 50.6 Å². The highest BCUT2D eigenvalue weighted by atomic mass is 35.5. The number of urea groups is 1. The number of hydrogen-bond donors (Lipinski definition) is 1. The van der Waals surface area contributed by atoms with Crippen LogP contribution in [0.5, 0.6) is 0 Å². The van der Waals surface area contributed by atoms with Gasteiger partial charge in [0.2, 0.25) is 5.91 Å². The van der Waals surface area contributed by atoms with Crippen LogP contribution in [0.15, 0.2) is 24.3 Å². The van der Waals surface area contributed by atoms with E-state index in [0.29, 0.717) is 18.0 Å². The van der Waals surface area contributed by atoms with E-state index in [4.69, 9.17) is 11.6 Å². The molecule has 0 radical (unpaired) electrons. The van der Waals surface area contributed by atoms with Gasteiger partial charge in [0, 0.05) is 38.1 Å². The Morgan fingerprint density at radius 1 is 1.28 bits per heavy atom. The Balaban J connectivity index is 1.73. The highest BCUT2D eigenvalue weighted by Gasteiger charge is 2.18. The lowest BCUT2D eigenvalue weighted by Gasteiger charge is -2.26. The van der Waals surface area contributed by atoms with Crippen molar-refractivity contribution in [2.45, 2.75) is 45.1 Å². The number of rotatable bonds is 6. The first kappa shape index (κ1) is 19.6. The Morgan fingerprint density at radius 2 is 2.00 bits per heavy atom. The summed E-state index contributed by atoms with van der Waals surface area (Å²) in [5, 5.41) is 3.62. The van der Waals surface area contributed by atoms with Crippen molar-refractivity contribution in [3.8, 4) is 0 Å². The third-order valence-corrected chi connectivity index (χ3v) is 5.06. The Labute approximate surface area is 155 Å². The van der Waals surface area contributed by atoms with Gasteiger partial charge in [0.05, 0.1) is 6.04 Å². The molecule has 0 spiro atoms. The predicted octanol–water partition coefficient (Wildman–Crippen LogP) is 3.84. The third kappa shape index (κ3) is 5.92.